The van der Waals surface area contributed by atoms with Gasteiger partial charge in [0.05, 0.1) is 24.9 Å². The maximum absolute atomic E-state index is 13.3. The smallest absolute Gasteiger partial charge is 0.335 e. The number of anilines is 1. The number of benzene rings is 3. The Morgan fingerprint density at radius 1 is 1.03 bits per heavy atom. The second kappa shape index (κ2) is 10.9. The van der Waals surface area contributed by atoms with Crippen LogP contribution in [0, 0.1) is 0 Å². The minimum Gasteiger partial charge on any atom is -0.497 e. The van der Waals surface area contributed by atoms with E-state index in [0.717, 1.165) is 11.3 Å². The maximum atomic E-state index is 13.3. The number of amides is 2. The fraction of sp³-hybridized carbons (Fsp3) is 0.154. The van der Waals surface area contributed by atoms with Crippen molar-refractivity contribution in [3.05, 3.63) is 90.0 Å². The second-order valence-corrected chi connectivity index (χ2v) is 8.91. The highest BCUT2D eigenvalue weighted by molar-refractivity contribution is 8.15. The summed E-state index contributed by atoms with van der Waals surface area (Å²) in [5.41, 5.74) is 2.21. The number of carboxylic acid groups (broad SMARTS) is 1. The molecule has 8 nitrogen and oxygen atoms in total. The Hall–Kier alpha value is -4.11. The Kier molecular flexibility index (Phi) is 7.47. The molecule has 1 saturated heterocycles. The zero-order valence-corrected chi connectivity index (χ0v) is 19.7. The summed E-state index contributed by atoms with van der Waals surface area (Å²) in [7, 11) is 1.59. The standard InChI is InChI=1S/C26H23N3O5S/c1-34-21-13-7-17(8-14-21)16-29-24(31)22(35-26(29)28-19-5-3-2-4-6-19)15-23(30)27-20-11-9-18(10-12-20)25(32)33/h2-14,22H,15-16H2,1H3,(H,27,30)(H,32,33). The first-order valence-corrected chi connectivity index (χ1v) is 11.7. The Morgan fingerprint density at radius 3 is 2.34 bits per heavy atom. The van der Waals surface area contributed by atoms with Crippen LogP contribution in [-0.2, 0) is 16.1 Å². The minimum atomic E-state index is -1.04. The molecule has 0 aromatic heterocycles. The highest BCUT2D eigenvalue weighted by Crippen LogP contribution is 2.33. The number of aromatic carboxylic acids is 1. The number of para-hydroxylation sites is 1. The molecule has 3 aromatic carbocycles. The fourth-order valence-electron chi connectivity index (χ4n) is 3.47. The van der Waals surface area contributed by atoms with Crippen molar-refractivity contribution in [1.29, 1.82) is 0 Å². The zero-order valence-electron chi connectivity index (χ0n) is 18.9. The van der Waals surface area contributed by atoms with Gasteiger partial charge in [0.25, 0.3) is 0 Å². The Bertz CT molecular complexity index is 1240. The summed E-state index contributed by atoms with van der Waals surface area (Å²) in [6.45, 7) is 0.316. The Labute approximate surface area is 206 Å². The number of nitrogens with zero attached hydrogens (tertiary/aromatic N) is 2. The molecule has 9 heteroatoms. The number of nitrogens with one attached hydrogen (secondary N) is 1. The van der Waals surface area contributed by atoms with Crippen LogP contribution in [0.2, 0.25) is 0 Å². The molecule has 178 valence electrons. The van der Waals surface area contributed by atoms with Crippen LogP contribution in [0.3, 0.4) is 0 Å². The van der Waals surface area contributed by atoms with Gasteiger partial charge in [-0.1, -0.05) is 42.1 Å². The molecule has 0 spiro atoms. The van der Waals surface area contributed by atoms with E-state index in [1.807, 2.05) is 54.6 Å². The maximum Gasteiger partial charge on any atom is 0.335 e. The van der Waals surface area contributed by atoms with Crippen LogP contribution in [0.25, 0.3) is 0 Å². The molecule has 1 atom stereocenters. The van der Waals surface area contributed by atoms with Crippen molar-refractivity contribution in [1.82, 2.24) is 4.90 Å². The van der Waals surface area contributed by atoms with Gasteiger partial charge in [-0.3, -0.25) is 14.5 Å². The van der Waals surface area contributed by atoms with E-state index in [1.165, 1.54) is 36.0 Å². The third-order valence-electron chi connectivity index (χ3n) is 5.29. The summed E-state index contributed by atoms with van der Waals surface area (Å²) in [5.74, 6) is -0.862. The van der Waals surface area contributed by atoms with Crippen LogP contribution in [0.5, 0.6) is 5.75 Å². The molecule has 0 radical (unpaired) electrons. The van der Waals surface area contributed by atoms with Gasteiger partial charge in [-0.25, -0.2) is 9.79 Å². The van der Waals surface area contributed by atoms with Gasteiger partial charge in [0.15, 0.2) is 5.17 Å². The summed E-state index contributed by atoms with van der Waals surface area (Å²) < 4.78 is 5.21. The largest absolute Gasteiger partial charge is 0.497 e. The first-order chi connectivity index (χ1) is 16.9. The number of thioether (sulfide) groups is 1. The van der Waals surface area contributed by atoms with E-state index in [1.54, 1.807) is 12.0 Å². The zero-order chi connectivity index (χ0) is 24.8. The number of carbonyl (C=O) groups excluding carboxylic acids is 2. The number of amidine groups is 1. The summed E-state index contributed by atoms with van der Waals surface area (Å²) >= 11 is 1.26. The molecular formula is C26H23N3O5S. The van der Waals surface area contributed by atoms with Gasteiger partial charge < -0.3 is 15.2 Å². The third-order valence-corrected chi connectivity index (χ3v) is 6.46. The monoisotopic (exact) mass is 489 g/mol. The van der Waals surface area contributed by atoms with Gasteiger partial charge >= 0.3 is 5.97 Å². The molecule has 35 heavy (non-hydrogen) atoms. The number of methoxy groups -OCH3 is 1. The van der Waals surface area contributed by atoms with Crippen LogP contribution in [0.15, 0.2) is 83.9 Å². The molecule has 4 rings (SSSR count). The summed E-state index contributed by atoms with van der Waals surface area (Å²) in [5, 5.41) is 11.6. The number of carbonyl (C=O) groups is 3. The lowest BCUT2D eigenvalue weighted by atomic mass is 10.2. The molecule has 1 aliphatic rings. The molecule has 1 heterocycles. The van der Waals surface area contributed by atoms with Gasteiger partial charge in [-0.15, -0.1) is 0 Å². The molecule has 3 aromatic rings. The van der Waals surface area contributed by atoms with Crippen LogP contribution in [0.1, 0.15) is 22.3 Å². The highest BCUT2D eigenvalue weighted by atomic mass is 32.2. The van der Waals surface area contributed by atoms with Crippen molar-refractivity contribution in [3.63, 3.8) is 0 Å². The molecule has 1 aliphatic heterocycles. The van der Waals surface area contributed by atoms with E-state index in [-0.39, 0.29) is 23.8 Å². The average Bonchev–Trinajstić information content (AvgIpc) is 3.14. The second-order valence-electron chi connectivity index (χ2n) is 7.74. The van der Waals surface area contributed by atoms with Crippen molar-refractivity contribution in [2.75, 3.05) is 12.4 Å². The number of hydrogen-bond donors (Lipinski definition) is 2. The average molecular weight is 490 g/mol. The summed E-state index contributed by atoms with van der Waals surface area (Å²) in [6.07, 6.45) is -0.0445. The number of aliphatic imine (C=N–C) groups is 1. The molecule has 2 amide bonds. The van der Waals surface area contributed by atoms with E-state index in [2.05, 4.69) is 10.3 Å². The van der Waals surface area contributed by atoms with Crippen LogP contribution in [-0.4, -0.2) is 45.3 Å². The highest BCUT2D eigenvalue weighted by Gasteiger charge is 2.39. The number of ether oxygens (including phenoxy) is 1. The first kappa shape index (κ1) is 24.0. The van der Waals surface area contributed by atoms with E-state index >= 15 is 0 Å². The van der Waals surface area contributed by atoms with E-state index in [9.17, 15) is 14.4 Å². The summed E-state index contributed by atoms with van der Waals surface area (Å²) in [6, 6.07) is 22.6. The molecular weight excluding hydrogens is 466 g/mol. The van der Waals surface area contributed by atoms with Gasteiger partial charge in [-0.05, 0) is 54.1 Å². The van der Waals surface area contributed by atoms with E-state index < -0.39 is 11.2 Å². The molecule has 0 bridgehead atoms. The topological polar surface area (TPSA) is 108 Å². The van der Waals surface area contributed by atoms with Gasteiger partial charge in [0.1, 0.15) is 11.0 Å². The Morgan fingerprint density at radius 2 is 1.71 bits per heavy atom. The van der Waals surface area contributed by atoms with Gasteiger partial charge in [-0.2, -0.15) is 0 Å². The minimum absolute atomic E-state index is 0.0445. The van der Waals surface area contributed by atoms with Crippen molar-refractivity contribution >= 4 is 46.1 Å². The Balaban J connectivity index is 1.50. The van der Waals surface area contributed by atoms with Crippen LogP contribution >= 0.6 is 11.8 Å². The molecule has 1 unspecified atom stereocenters. The van der Waals surface area contributed by atoms with Crippen molar-refractivity contribution in [3.8, 4) is 5.75 Å². The predicted octanol–water partition coefficient (Wildman–Crippen LogP) is 4.55. The van der Waals surface area contributed by atoms with E-state index in [0.29, 0.717) is 23.1 Å². The van der Waals surface area contributed by atoms with Crippen molar-refractivity contribution in [2.24, 2.45) is 4.99 Å². The van der Waals surface area contributed by atoms with Crippen LogP contribution in [0.4, 0.5) is 11.4 Å². The first-order valence-electron chi connectivity index (χ1n) is 10.8. The quantitative estimate of drug-likeness (QED) is 0.480. The van der Waals surface area contributed by atoms with Crippen molar-refractivity contribution < 1.29 is 24.2 Å². The molecule has 0 aliphatic carbocycles. The predicted molar refractivity (Wildman–Crippen MR) is 135 cm³/mol. The number of rotatable bonds is 8. The fourth-order valence-corrected chi connectivity index (χ4v) is 4.63. The normalized spacial score (nSPS) is 16.4. The van der Waals surface area contributed by atoms with Gasteiger partial charge in [0.2, 0.25) is 11.8 Å². The number of carboxylic acids is 1. The lowest BCUT2D eigenvalue weighted by Gasteiger charge is -2.17. The summed E-state index contributed by atoms with van der Waals surface area (Å²) in [4.78, 5) is 43.2. The molecule has 1 fully saturated rings. The lowest BCUT2D eigenvalue weighted by Crippen LogP contribution is -2.33. The number of hydrogen-bond acceptors (Lipinski definition) is 6. The lowest BCUT2D eigenvalue weighted by molar-refractivity contribution is -0.128. The van der Waals surface area contributed by atoms with Crippen molar-refractivity contribution in [2.45, 2.75) is 18.2 Å². The third kappa shape index (κ3) is 6.07. The van der Waals surface area contributed by atoms with Crippen LogP contribution < -0.4 is 10.1 Å². The molecule has 2 N–H and O–H groups in total. The SMILES string of the molecule is COc1ccc(CN2C(=O)C(CC(=O)Nc3ccc(C(=O)O)cc3)SC2=Nc2ccccc2)cc1. The van der Waals surface area contributed by atoms with E-state index in [4.69, 9.17) is 9.84 Å². The van der Waals surface area contributed by atoms with Gasteiger partial charge in [0, 0.05) is 12.1 Å². The molecule has 0 saturated carbocycles.